The van der Waals surface area contributed by atoms with E-state index in [1.54, 1.807) is 24.3 Å². The molecule has 0 aliphatic carbocycles. The van der Waals surface area contributed by atoms with Crippen molar-refractivity contribution in [3.8, 4) is 22.6 Å². The van der Waals surface area contributed by atoms with Gasteiger partial charge < -0.3 is 0 Å². The van der Waals surface area contributed by atoms with Crippen LogP contribution in [0.4, 0.5) is 0 Å². The Morgan fingerprint density at radius 2 is 0.864 bits per heavy atom. The smallest absolute Gasteiger partial charge is 0.187 e. The van der Waals surface area contributed by atoms with E-state index in [-0.39, 0.29) is 11.5 Å². The van der Waals surface area contributed by atoms with Gasteiger partial charge in [0.1, 0.15) is 0 Å². The van der Waals surface area contributed by atoms with Crippen molar-refractivity contribution in [1.82, 2.24) is 0 Å². The summed E-state index contributed by atoms with van der Waals surface area (Å²) >= 11 is 0. The lowest BCUT2D eigenvalue weighted by Gasteiger charge is -2.11. The highest BCUT2D eigenvalue weighted by molar-refractivity contribution is 6.09. The molecule has 0 amide bonds. The molecule has 0 atom stereocenters. The maximum absolute atomic E-state index is 12.5. The average molecular weight is 284 g/mol. The van der Waals surface area contributed by atoms with Crippen molar-refractivity contribution in [2.75, 3.05) is 0 Å². The topological polar surface area (TPSA) is 39.8 Å². The van der Waals surface area contributed by atoms with Gasteiger partial charge in [0, 0.05) is 11.1 Å². The van der Waals surface area contributed by atoms with Gasteiger partial charge in [0.15, 0.2) is 11.5 Å². The van der Waals surface area contributed by atoms with Crippen LogP contribution in [0.2, 0.25) is 0 Å². The Kier molecular flexibility index (Phi) is 2.76. The van der Waals surface area contributed by atoms with E-state index in [4.69, 9.17) is 0 Å². The van der Waals surface area contributed by atoms with E-state index in [9.17, 15) is 10.2 Å². The van der Waals surface area contributed by atoms with E-state index in [0.717, 1.165) is 21.5 Å². The molecule has 2 heteroatoms. The predicted octanol–water partition coefficient (Wildman–Crippen LogP) is 5.95. The molecule has 104 valence electrons. The van der Waals surface area contributed by atoms with E-state index in [2.05, 4.69) is 0 Å². The summed E-state index contributed by atoms with van der Waals surface area (Å²) in [5.74, 6) is -0.237. The first kappa shape index (κ1) is 12.7. The van der Waals surface area contributed by atoms with Crippen molar-refractivity contribution in [2.45, 2.75) is 0 Å². The number of hydrogen-bond donors (Lipinski definition) is 0. The zero-order chi connectivity index (χ0) is 15.1. The van der Waals surface area contributed by atoms with Gasteiger partial charge in [-0.25, -0.2) is 0 Å². The Bertz CT molecular complexity index is 920. The first-order chi connectivity index (χ1) is 10.8. The van der Waals surface area contributed by atoms with Gasteiger partial charge in [-0.15, -0.1) is 0 Å². The normalized spacial score (nSPS) is 11.1. The van der Waals surface area contributed by atoms with Crippen LogP contribution >= 0.6 is 0 Å². The molecule has 0 aliphatic heterocycles. The number of hydrogen-bond acceptors (Lipinski definition) is 0. The van der Waals surface area contributed by atoms with Gasteiger partial charge in [-0.1, -0.05) is 60.7 Å². The summed E-state index contributed by atoms with van der Waals surface area (Å²) in [6.07, 6.45) is 0. The summed E-state index contributed by atoms with van der Waals surface area (Å²) in [6.45, 7) is 0. The summed E-state index contributed by atoms with van der Waals surface area (Å²) in [5, 5.41) is 28.6. The van der Waals surface area contributed by atoms with Gasteiger partial charge in [0.25, 0.3) is 0 Å². The molecule has 4 aromatic rings. The van der Waals surface area contributed by atoms with Crippen LogP contribution in [0.15, 0.2) is 72.8 Å². The highest BCUT2D eigenvalue weighted by Crippen LogP contribution is 2.44. The van der Waals surface area contributed by atoms with E-state index < -0.39 is 0 Å². The third kappa shape index (κ3) is 1.81. The molecule has 2 radical (unpaired) electrons. The van der Waals surface area contributed by atoms with E-state index in [1.165, 1.54) is 0 Å². The van der Waals surface area contributed by atoms with Crippen molar-refractivity contribution < 1.29 is 10.2 Å². The molecule has 0 spiro atoms. The molecule has 0 saturated carbocycles. The molecule has 0 unspecified atom stereocenters. The van der Waals surface area contributed by atoms with Crippen molar-refractivity contribution >= 4 is 21.5 Å². The van der Waals surface area contributed by atoms with Gasteiger partial charge in [-0.05, 0) is 33.7 Å². The number of fused-ring (bicyclic) bond motifs is 2. The molecule has 4 rings (SSSR count). The van der Waals surface area contributed by atoms with Gasteiger partial charge in [0.05, 0.1) is 0 Å². The lowest BCUT2D eigenvalue weighted by Crippen LogP contribution is -1.85. The monoisotopic (exact) mass is 284 g/mol. The number of benzene rings is 4. The minimum Gasteiger partial charge on any atom is -0.289 e. The minimum atomic E-state index is -0.118. The average Bonchev–Trinajstić information content (AvgIpc) is 2.56. The van der Waals surface area contributed by atoms with Gasteiger partial charge in [-0.3, -0.25) is 10.2 Å². The molecule has 0 saturated heterocycles. The molecule has 0 heterocycles. The van der Waals surface area contributed by atoms with Gasteiger partial charge in [0.2, 0.25) is 0 Å². The van der Waals surface area contributed by atoms with E-state index in [0.29, 0.717) is 11.1 Å². The number of rotatable bonds is 1. The standard InChI is InChI=1S/C20H12O2/c21-17-11-9-13-5-1-3-7-15(13)19(17)20-16-8-4-2-6-14(16)10-12-18(20)22/h1-12H. The zero-order valence-electron chi connectivity index (χ0n) is 11.7. The fraction of sp³-hybridized carbons (Fsp3) is 0. The highest BCUT2D eigenvalue weighted by atomic mass is 16.3. The summed E-state index contributed by atoms with van der Waals surface area (Å²) in [4.78, 5) is 0. The summed E-state index contributed by atoms with van der Waals surface area (Å²) in [5.41, 5.74) is 1.000. The Morgan fingerprint density at radius 3 is 1.32 bits per heavy atom. The Morgan fingerprint density at radius 1 is 0.455 bits per heavy atom. The fourth-order valence-electron chi connectivity index (χ4n) is 3.02. The van der Waals surface area contributed by atoms with Crippen molar-refractivity contribution in [3.63, 3.8) is 0 Å². The van der Waals surface area contributed by atoms with Crippen LogP contribution in [0.3, 0.4) is 0 Å². The van der Waals surface area contributed by atoms with Crippen LogP contribution in [0.1, 0.15) is 0 Å². The third-order valence-electron chi connectivity index (χ3n) is 4.03. The Balaban J connectivity index is 2.21. The fourth-order valence-corrected chi connectivity index (χ4v) is 3.02. The Labute approximate surface area is 127 Å². The predicted molar refractivity (Wildman–Crippen MR) is 87.2 cm³/mol. The molecule has 4 aromatic carbocycles. The minimum absolute atomic E-state index is 0.118. The summed E-state index contributed by atoms with van der Waals surface area (Å²) in [7, 11) is 0. The van der Waals surface area contributed by atoms with Crippen LogP contribution in [-0.4, -0.2) is 0 Å². The molecule has 0 bridgehead atoms. The molecule has 2 nitrogen and oxygen atoms in total. The molecule has 22 heavy (non-hydrogen) atoms. The molecular formula is C20H12O2. The largest absolute Gasteiger partial charge is 0.289 e. The molecule has 0 fully saturated rings. The zero-order valence-corrected chi connectivity index (χ0v) is 11.7. The lowest BCUT2D eigenvalue weighted by molar-refractivity contribution is 0.350. The second-order valence-electron chi connectivity index (χ2n) is 5.32. The van der Waals surface area contributed by atoms with Crippen molar-refractivity contribution in [3.05, 3.63) is 72.8 Å². The highest BCUT2D eigenvalue weighted by Gasteiger charge is 2.18. The second-order valence-corrected chi connectivity index (χ2v) is 5.32. The van der Waals surface area contributed by atoms with Gasteiger partial charge in [-0.2, -0.15) is 0 Å². The van der Waals surface area contributed by atoms with Crippen molar-refractivity contribution in [2.24, 2.45) is 0 Å². The van der Waals surface area contributed by atoms with E-state index in [1.807, 2.05) is 48.5 Å². The van der Waals surface area contributed by atoms with Crippen molar-refractivity contribution in [1.29, 1.82) is 0 Å². The second kappa shape index (κ2) is 4.78. The molecular weight excluding hydrogens is 272 g/mol. The first-order valence-electron chi connectivity index (χ1n) is 7.13. The van der Waals surface area contributed by atoms with Gasteiger partial charge >= 0.3 is 0 Å². The molecule has 0 aromatic heterocycles. The molecule has 0 N–H and O–H groups in total. The summed E-state index contributed by atoms with van der Waals surface area (Å²) < 4.78 is 0. The maximum atomic E-state index is 12.5. The Hall–Kier alpha value is -3.00. The van der Waals surface area contributed by atoms with Crippen LogP contribution < -0.4 is 0 Å². The van der Waals surface area contributed by atoms with Crippen LogP contribution in [0.25, 0.3) is 32.7 Å². The first-order valence-corrected chi connectivity index (χ1v) is 7.13. The third-order valence-corrected chi connectivity index (χ3v) is 4.03. The lowest BCUT2D eigenvalue weighted by atomic mass is 9.92. The van der Waals surface area contributed by atoms with Crippen LogP contribution in [-0.2, 0) is 10.2 Å². The van der Waals surface area contributed by atoms with E-state index >= 15 is 0 Å². The van der Waals surface area contributed by atoms with Crippen LogP contribution in [0, 0.1) is 0 Å². The SMILES string of the molecule is [O]c1ccc2ccccc2c1-c1c([O])ccc2ccccc12. The maximum Gasteiger partial charge on any atom is 0.187 e. The molecule has 0 aliphatic rings. The van der Waals surface area contributed by atoms with Crippen LogP contribution in [0.5, 0.6) is 11.5 Å². The quantitative estimate of drug-likeness (QED) is 0.414. The summed E-state index contributed by atoms with van der Waals surface area (Å²) in [6, 6.07) is 22.0.